The van der Waals surface area contributed by atoms with Crippen LogP contribution in [0.5, 0.6) is 5.75 Å². The minimum absolute atomic E-state index is 0.0503. The van der Waals surface area contributed by atoms with Crippen molar-refractivity contribution >= 4 is 18.5 Å². The van der Waals surface area contributed by atoms with Crippen molar-refractivity contribution in [1.29, 1.82) is 0 Å². The number of hydrogen-bond acceptors (Lipinski definition) is 5. The molecule has 6 nitrogen and oxygen atoms in total. The lowest BCUT2D eigenvalue weighted by molar-refractivity contribution is 0.00578. The molecule has 1 saturated heterocycles. The summed E-state index contributed by atoms with van der Waals surface area (Å²) in [5.74, 6) is -0.950. The van der Waals surface area contributed by atoms with Crippen molar-refractivity contribution in [3.8, 4) is 5.75 Å². The Kier molecular flexibility index (Phi) is 5.22. The Labute approximate surface area is 141 Å². The Morgan fingerprint density at radius 2 is 1.83 bits per heavy atom. The number of carbonyl (C=O) groups is 1. The molecular weight excluding hydrogens is 316 g/mol. The second-order valence-corrected chi connectivity index (χ2v) is 6.59. The maximum atomic E-state index is 14.4. The quantitative estimate of drug-likeness (QED) is 0.650. The average molecular weight is 339 g/mol. The van der Waals surface area contributed by atoms with E-state index in [2.05, 4.69) is 5.32 Å². The summed E-state index contributed by atoms with van der Waals surface area (Å²) >= 11 is 0. The van der Waals surface area contributed by atoms with Crippen LogP contribution in [0.15, 0.2) is 12.1 Å². The van der Waals surface area contributed by atoms with Gasteiger partial charge >= 0.3 is 7.12 Å². The Morgan fingerprint density at radius 1 is 1.25 bits per heavy atom. The fraction of sp³-hybridized carbons (Fsp3) is 0.562. The molecule has 24 heavy (non-hydrogen) atoms. The van der Waals surface area contributed by atoms with Gasteiger partial charge in [-0.3, -0.25) is 4.79 Å². The average Bonchev–Trinajstić information content (AvgIpc) is 2.73. The fourth-order valence-electron chi connectivity index (χ4n) is 2.28. The molecule has 0 aromatic heterocycles. The number of ether oxygens (including phenoxy) is 2. The third kappa shape index (κ3) is 3.40. The Balaban J connectivity index is 2.45. The molecule has 8 heteroatoms. The summed E-state index contributed by atoms with van der Waals surface area (Å²) in [6, 6.07) is 2.53. The first-order chi connectivity index (χ1) is 11.1. The van der Waals surface area contributed by atoms with Crippen LogP contribution in [0, 0.1) is 5.82 Å². The number of nitrogens with one attached hydrogen (secondary N) is 1. The molecule has 0 unspecified atom stereocenters. The SMILES string of the molecule is CNC(=O)c1cc(OCOC)c(B2OC(C)(C)C(C)(C)O2)cc1F. The minimum atomic E-state index is -0.810. The fourth-order valence-corrected chi connectivity index (χ4v) is 2.28. The third-order valence-corrected chi connectivity index (χ3v) is 4.41. The predicted molar refractivity (Wildman–Crippen MR) is 88.0 cm³/mol. The second kappa shape index (κ2) is 6.70. The third-order valence-electron chi connectivity index (χ3n) is 4.41. The van der Waals surface area contributed by atoms with Crippen LogP contribution in [-0.2, 0) is 14.0 Å². The van der Waals surface area contributed by atoms with Gasteiger partial charge < -0.3 is 24.1 Å². The van der Waals surface area contributed by atoms with E-state index >= 15 is 0 Å². The van der Waals surface area contributed by atoms with E-state index in [0.29, 0.717) is 5.46 Å². The first kappa shape index (κ1) is 18.7. The maximum absolute atomic E-state index is 14.4. The molecule has 1 aromatic carbocycles. The monoisotopic (exact) mass is 339 g/mol. The van der Waals surface area contributed by atoms with Crippen molar-refractivity contribution in [3.63, 3.8) is 0 Å². The Morgan fingerprint density at radius 3 is 2.33 bits per heavy atom. The van der Waals surface area contributed by atoms with Crippen LogP contribution in [-0.4, -0.2) is 45.2 Å². The first-order valence-electron chi connectivity index (χ1n) is 7.66. The number of halogens is 1. The smallest absolute Gasteiger partial charge is 0.468 e. The van der Waals surface area contributed by atoms with Crippen molar-refractivity contribution in [1.82, 2.24) is 5.32 Å². The highest BCUT2D eigenvalue weighted by molar-refractivity contribution is 6.63. The van der Waals surface area contributed by atoms with Gasteiger partial charge in [0.05, 0.1) is 16.8 Å². The molecule has 1 aliphatic heterocycles. The summed E-state index contributed by atoms with van der Waals surface area (Å²) < 4.78 is 36.7. The van der Waals surface area contributed by atoms with Gasteiger partial charge in [0.25, 0.3) is 5.91 Å². The number of carbonyl (C=O) groups excluding carboxylic acids is 1. The number of amides is 1. The lowest BCUT2D eigenvalue weighted by Crippen LogP contribution is -2.41. The van der Waals surface area contributed by atoms with E-state index in [1.165, 1.54) is 26.3 Å². The maximum Gasteiger partial charge on any atom is 0.498 e. The topological polar surface area (TPSA) is 66.0 Å². The summed E-state index contributed by atoms with van der Waals surface area (Å²) in [4.78, 5) is 11.8. The lowest BCUT2D eigenvalue weighted by atomic mass is 9.77. The van der Waals surface area contributed by atoms with Gasteiger partial charge in [-0.2, -0.15) is 0 Å². The van der Waals surface area contributed by atoms with E-state index in [1.807, 2.05) is 27.7 Å². The molecule has 0 aliphatic carbocycles. The van der Waals surface area contributed by atoms with Gasteiger partial charge in [0.15, 0.2) is 6.79 Å². The van der Waals surface area contributed by atoms with Gasteiger partial charge in [-0.05, 0) is 39.8 Å². The van der Waals surface area contributed by atoms with E-state index in [1.54, 1.807) is 0 Å². The molecule has 1 amide bonds. The molecule has 132 valence electrons. The van der Waals surface area contributed by atoms with E-state index in [9.17, 15) is 9.18 Å². The van der Waals surface area contributed by atoms with Crippen LogP contribution < -0.4 is 15.5 Å². The molecule has 2 rings (SSSR count). The van der Waals surface area contributed by atoms with Crippen molar-refractivity contribution in [3.05, 3.63) is 23.5 Å². The highest BCUT2D eigenvalue weighted by atomic mass is 19.1. The summed E-state index contributed by atoms with van der Waals surface area (Å²) in [6.45, 7) is 7.55. The molecule has 0 spiro atoms. The van der Waals surface area contributed by atoms with Gasteiger partial charge in [0.1, 0.15) is 11.6 Å². The van der Waals surface area contributed by atoms with Gasteiger partial charge in [0.2, 0.25) is 0 Å². The molecule has 1 aliphatic rings. The van der Waals surface area contributed by atoms with E-state index in [-0.39, 0.29) is 18.1 Å². The molecule has 0 bridgehead atoms. The second-order valence-electron chi connectivity index (χ2n) is 6.59. The normalized spacial score (nSPS) is 18.5. The number of methoxy groups -OCH3 is 1. The minimum Gasteiger partial charge on any atom is -0.468 e. The summed E-state index contributed by atoms with van der Waals surface area (Å²) in [5.41, 5.74) is -0.905. The predicted octanol–water partition coefficient (Wildman–Crippen LogP) is 1.47. The van der Waals surface area contributed by atoms with Crippen LogP contribution in [0.1, 0.15) is 38.1 Å². The van der Waals surface area contributed by atoms with E-state index in [0.717, 1.165) is 0 Å². The van der Waals surface area contributed by atoms with Crippen LogP contribution in [0.4, 0.5) is 4.39 Å². The zero-order valence-electron chi connectivity index (χ0n) is 14.9. The molecular formula is C16H23BFNO5. The van der Waals surface area contributed by atoms with E-state index in [4.69, 9.17) is 18.8 Å². The van der Waals surface area contributed by atoms with Gasteiger partial charge in [-0.1, -0.05) is 0 Å². The molecule has 1 fully saturated rings. The lowest BCUT2D eigenvalue weighted by Gasteiger charge is -2.32. The highest BCUT2D eigenvalue weighted by Gasteiger charge is 2.52. The van der Waals surface area contributed by atoms with Crippen LogP contribution in [0.3, 0.4) is 0 Å². The van der Waals surface area contributed by atoms with Gasteiger partial charge in [-0.15, -0.1) is 0 Å². The molecule has 1 aromatic rings. The Bertz CT molecular complexity index is 619. The number of hydrogen-bond donors (Lipinski definition) is 1. The molecule has 0 radical (unpaired) electrons. The number of rotatable bonds is 5. The van der Waals surface area contributed by atoms with Gasteiger partial charge in [-0.25, -0.2) is 4.39 Å². The molecule has 0 saturated carbocycles. The zero-order valence-corrected chi connectivity index (χ0v) is 14.9. The van der Waals surface area contributed by atoms with Crippen molar-refractivity contribution in [2.45, 2.75) is 38.9 Å². The van der Waals surface area contributed by atoms with E-state index < -0.39 is 30.0 Å². The highest BCUT2D eigenvalue weighted by Crippen LogP contribution is 2.37. The van der Waals surface area contributed by atoms with Crippen molar-refractivity contribution in [2.24, 2.45) is 0 Å². The molecule has 1 N–H and O–H groups in total. The molecule has 1 heterocycles. The Hall–Kier alpha value is -1.64. The number of benzene rings is 1. The summed E-state index contributed by atoms with van der Waals surface area (Å²) in [5, 5.41) is 2.39. The summed E-state index contributed by atoms with van der Waals surface area (Å²) in [6.07, 6.45) is 0. The van der Waals surface area contributed by atoms with Crippen LogP contribution in [0.25, 0.3) is 0 Å². The summed E-state index contributed by atoms with van der Waals surface area (Å²) in [7, 11) is 2.09. The van der Waals surface area contributed by atoms with Crippen molar-refractivity contribution in [2.75, 3.05) is 21.0 Å². The van der Waals surface area contributed by atoms with Crippen molar-refractivity contribution < 1.29 is 28.0 Å². The standard InChI is InChI=1S/C16H23BFNO5/c1-15(2)16(3,4)24-17(23-15)11-8-12(18)10(14(20)19-5)7-13(11)22-9-21-6/h7-8H,9H2,1-6H3,(H,19,20). The first-order valence-corrected chi connectivity index (χ1v) is 7.66. The van der Waals surface area contributed by atoms with Gasteiger partial charge in [0, 0.05) is 19.6 Å². The molecule has 0 atom stereocenters. The van der Waals surface area contributed by atoms with Crippen LogP contribution in [0.2, 0.25) is 0 Å². The van der Waals surface area contributed by atoms with Crippen LogP contribution >= 0.6 is 0 Å². The largest absolute Gasteiger partial charge is 0.498 e. The zero-order chi connectivity index (χ0) is 18.1.